The SMILES string of the molecule is C/C(=C\C(Br)=C/N(C)C=O)Nc1ccc(N2CCN(C3COC3)CC2)cn1. The second-order valence-electron chi connectivity index (χ2n) is 6.85. The van der Waals surface area contributed by atoms with E-state index in [1.807, 2.05) is 25.3 Å². The van der Waals surface area contributed by atoms with E-state index in [9.17, 15) is 4.79 Å². The van der Waals surface area contributed by atoms with Crippen LogP contribution in [-0.4, -0.2) is 73.7 Å². The van der Waals surface area contributed by atoms with Gasteiger partial charge in [0, 0.05) is 49.6 Å². The van der Waals surface area contributed by atoms with Crippen LogP contribution >= 0.6 is 15.9 Å². The standard InChI is InChI=1S/C19H26BrN5O2/c1-15(9-16(20)11-23(2)14-26)22-19-4-3-17(10-21-19)24-5-7-25(8-6-24)18-12-27-13-18/h3-4,9-11,14,18H,5-8,12-13H2,1-2H3,(H,21,22)/b15-9+,16-11+. The van der Waals surface area contributed by atoms with Gasteiger partial charge in [-0.15, -0.1) is 0 Å². The Morgan fingerprint density at radius 2 is 2.07 bits per heavy atom. The molecule has 1 aromatic heterocycles. The number of rotatable bonds is 7. The van der Waals surface area contributed by atoms with Crippen molar-refractivity contribution < 1.29 is 9.53 Å². The fraction of sp³-hybridized carbons (Fsp3) is 0.474. The Morgan fingerprint density at radius 3 is 2.63 bits per heavy atom. The number of carbonyl (C=O) groups excluding carboxylic acids is 1. The van der Waals surface area contributed by atoms with E-state index < -0.39 is 0 Å². The van der Waals surface area contributed by atoms with Gasteiger partial charge >= 0.3 is 0 Å². The molecule has 1 N–H and O–H groups in total. The minimum Gasteiger partial charge on any atom is -0.378 e. The van der Waals surface area contributed by atoms with Crippen molar-refractivity contribution in [3.63, 3.8) is 0 Å². The van der Waals surface area contributed by atoms with Crippen LogP contribution in [-0.2, 0) is 9.53 Å². The van der Waals surface area contributed by atoms with Crippen molar-refractivity contribution >= 4 is 33.8 Å². The third kappa shape index (κ3) is 5.54. The molecule has 2 aliphatic heterocycles. The van der Waals surface area contributed by atoms with Crippen LogP contribution in [0, 0.1) is 0 Å². The molecule has 1 amide bonds. The van der Waals surface area contributed by atoms with Crippen molar-refractivity contribution in [1.29, 1.82) is 0 Å². The second-order valence-corrected chi connectivity index (χ2v) is 7.77. The maximum Gasteiger partial charge on any atom is 0.213 e. The summed E-state index contributed by atoms with van der Waals surface area (Å²) in [6.45, 7) is 7.90. The Morgan fingerprint density at radius 1 is 1.33 bits per heavy atom. The van der Waals surface area contributed by atoms with Gasteiger partial charge in [0.2, 0.25) is 6.41 Å². The zero-order valence-corrected chi connectivity index (χ0v) is 17.4. The second kappa shape index (κ2) is 9.34. The summed E-state index contributed by atoms with van der Waals surface area (Å²) in [5.74, 6) is 0.793. The van der Waals surface area contributed by atoms with Gasteiger partial charge in [0.1, 0.15) is 5.82 Å². The number of hydrogen-bond acceptors (Lipinski definition) is 6. The predicted octanol–water partition coefficient (Wildman–Crippen LogP) is 2.24. The molecule has 0 aliphatic carbocycles. The van der Waals surface area contributed by atoms with Crippen LogP contribution in [0.5, 0.6) is 0 Å². The Hall–Kier alpha value is -1.90. The van der Waals surface area contributed by atoms with E-state index in [2.05, 4.69) is 42.1 Å². The van der Waals surface area contributed by atoms with Crippen molar-refractivity contribution in [2.24, 2.45) is 0 Å². The van der Waals surface area contributed by atoms with Crippen LogP contribution in [0.1, 0.15) is 6.92 Å². The quantitative estimate of drug-likeness (QED) is 0.523. The molecule has 8 heteroatoms. The molecule has 1 aromatic rings. The summed E-state index contributed by atoms with van der Waals surface area (Å²) in [7, 11) is 1.69. The Labute approximate surface area is 168 Å². The van der Waals surface area contributed by atoms with Crippen LogP contribution < -0.4 is 10.2 Å². The molecule has 0 bridgehead atoms. The molecular weight excluding hydrogens is 410 g/mol. The van der Waals surface area contributed by atoms with Gasteiger partial charge < -0.3 is 19.9 Å². The number of carbonyl (C=O) groups is 1. The highest BCUT2D eigenvalue weighted by atomic mass is 79.9. The summed E-state index contributed by atoms with van der Waals surface area (Å²) in [4.78, 5) is 21.5. The number of pyridine rings is 1. The van der Waals surface area contributed by atoms with Gasteiger partial charge in [-0.25, -0.2) is 4.98 Å². The normalized spacial score (nSPS) is 19.6. The van der Waals surface area contributed by atoms with Gasteiger partial charge in [-0.1, -0.05) is 0 Å². The molecule has 146 valence electrons. The molecule has 0 spiro atoms. The zero-order valence-electron chi connectivity index (χ0n) is 15.8. The highest BCUT2D eigenvalue weighted by Gasteiger charge is 2.28. The number of allylic oxidation sites excluding steroid dienone is 3. The third-order valence-electron chi connectivity index (χ3n) is 4.74. The van der Waals surface area contributed by atoms with Crippen molar-refractivity contribution in [3.05, 3.63) is 40.8 Å². The van der Waals surface area contributed by atoms with Crippen LogP contribution in [0.25, 0.3) is 0 Å². The number of piperazine rings is 1. The molecular formula is C19H26BrN5O2. The van der Waals surface area contributed by atoms with E-state index in [0.29, 0.717) is 6.04 Å². The molecule has 27 heavy (non-hydrogen) atoms. The molecule has 3 heterocycles. The smallest absolute Gasteiger partial charge is 0.213 e. The van der Waals surface area contributed by atoms with Crippen LogP contribution in [0.15, 0.2) is 40.8 Å². The highest BCUT2D eigenvalue weighted by molar-refractivity contribution is 9.11. The summed E-state index contributed by atoms with van der Waals surface area (Å²) in [5.41, 5.74) is 2.08. The Kier molecular flexibility index (Phi) is 6.87. The monoisotopic (exact) mass is 435 g/mol. The Balaban J connectivity index is 1.52. The average molecular weight is 436 g/mol. The average Bonchev–Trinajstić information content (AvgIpc) is 2.61. The first kappa shape index (κ1) is 19.9. The van der Waals surface area contributed by atoms with Gasteiger partial charge in [-0.05, 0) is 41.1 Å². The van der Waals surface area contributed by atoms with E-state index in [4.69, 9.17) is 4.74 Å². The molecule has 0 atom stereocenters. The molecule has 2 aliphatic rings. The van der Waals surface area contributed by atoms with Gasteiger partial charge in [-0.2, -0.15) is 0 Å². The number of halogens is 1. The summed E-state index contributed by atoms with van der Waals surface area (Å²) in [6.07, 6.45) is 6.27. The van der Waals surface area contributed by atoms with E-state index >= 15 is 0 Å². The number of hydrogen-bond donors (Lipinski definition) is 1. The molecule has 0 radical (unpaired) electrons. The van der Waals surface area contributed by atoms with Crippen molar-refractivity contribution in [2.45, 2.75) is 13.0 Å². The van der Waals surface area contributed by atoms with Gasteiger partial charge in [0.15, 0.2) is 0 Å². The molecule has 0 aromatic carbocycles. The van der Waals surface area contributed by atoms with Crippen molar-refractivity contribution in [3.8, 4) is 0 Å². The maximum absolute atomic E-state index is 10.7. The topological polar surface area (TPSA) is 60.9 Å². The van der Waals surface area contributed by atoms with Crippen LogP contribution in [0.3, 0.4) is 0 Å². The lowest BCUT2D eigenvalue weighted by Gasteiger charge is -2.43. The van der Waals surface area contributed by atoms with Crippen LogP contribution in [0.2, 0.25) is 0 Å². The predicted molar refractivity (Wildman–Crippen MR) is 111 cm³/mol. The van der Waals surface area contributed by atoms with E-state index in [1.165, 1.54) is 4.90 Å². The van der Waals surface area contributed by atoms with Gasteiger partial charge in [0.05, 0.1) is 31.1 Å². The number of nitrogens with one attached hydrogen (secondary N) is 1. The third-order valence-corrected chi connectivity index (χ3v) is 5.17. The highest BCUT2D eigenvalue weighted by Crippen LogP contribution is 2.20. The first-order valence-electron chi connectivity index (χ1n) is 9.08. The van der Waals surface area contributed by atoms with Gasteiger partial charge in [-0.3, -0.25) is 9.69 Å². The number of aromatic nitrogens is 1. The van der Waals surface area contributed by atoms with E-state index in [1.54, 1.807) is 13.2 Å². The lowest BCUT2D eigenvalue weighted by Crippen LogP contribution is -2.56. The van der Waals surface area contributed by atoms with Crippen molar-refractivity contribution in [2.75, 3.05) is 56.7 Å². The van der Waals surface area contributed by atoms with E-state index in [0.717, 1.165) is 67.5 Å². The molecule has 2 saturated heterocycles. The zero-order chi connectivity index (χ0) is 19.2. The summed E-state index contributed by atoms with van der Waals surface area (Å²) >= 11 is 3.43. The van der Waals surface area contributed by atoms with Crippen LogP contribution in [0.4, 0.5) is 11.5 Å². The molecule has 3 rings (SSSR count). The molecule has 0 saturated carbocycles. The summed E-state index contributed by atoms with van der Waals surface area (Å²) < 4.78 is 6.09. The minimum atomic E-state index is 0.617. The van der Waals surface area contributed by atoms with E-state index in [-0.39, 0.29) is 0 Å². The number of nitrogens with zero attached hydrogens (tertiary/aromatic N) is 4. The lowest BCUT2D eigenvalue weighted by atomic mass is 10.2. The molecule has 0 unspecified atom stereocenters. The summed E-state index contributed by atoms with van der Waals surface area (Å²) in [5, 5.41) is 3.26. The molecule has 7 nitrogen and oxygen atoms in total. The first-order valence-corrected chi connectivity index (χ1v) is 9.87. The minimum absolute atomic E-state index is 0.617. The maximum atomic E-state index is 10.7. The summed E-state index contributed by atoms with van der Waals surface area (Å²) in [6, 6.07) is 4.72. The lowest BCUT2D eigenvalue weighted by molar-refractivity contribution is -0.115. The Bertz CT molecular complexity index is 695. The van der Waals surface area contributed by atoms with Gasteiger partial charge in [0.25, 0.3) is 0 Å². The fourth-order valence-corrected chi connectivity index (χ4v) is 3.80. The fourth-order valence-electron chi connectivity index (χ4n) is 3.13. The molecule has 2 fully saturated rings. The first-order chi connectivity index (χ1) is 13.0. The number of anilines is 2. The largest absolute Gasteiger partial charge is 0.378 e. The number of ether oxygens (including phenoxy) is 1. The van der Waals surface area contributed by atoms with Crippen molar-refractivity contribution in [1.82, 2.24) is 14.8 Å². The number of amides is 1.